The van der Waals surface area contributed by atoms with Crippen molar-refractivity contribution in [2.75, 3.05) is 26.7 Å². The molecule has 0 amide bonds. The van der Waals surface area contributed by atoms with Gasteiger partial charge in [0.05, 0.1) is 6.61 Å². The highest BCUT2D eigenvalue weighted by atomic mass is 32.2. The summed E-state index contributed by atoms with van der Waals surface area (Å²) in [5.41, 5.74) is 0.358. The third-order valence-corrected chi connectivity index (χ3v) is 5.91. The first-order chi connectivity index (χ1) is 9.90. The van der Waals surface area contributed by atoms with Crippen LogP contribution in [0.3, 0.4) is 0 Å². The summed E-state index contributed by atoms with van der Waals surface area (Å²) in [7, 11) is -1.87. The number of aliphatic hydroxyl groups is 1. The van der Waals surface area contributed by atoms with Crippen molar-refractivity contribution in [3.8, 4) is 0 Å². The van der Waals surface area contributed by atoms with Gasteiger partial charge < -0.3 is 10.0 Å². The van der Waals surface area contributed by atoms with Crippen LogP contribution in [0.1, 0.15) is 18.9 Å². The lowest BCUT2D eigenvalue weighted by molar-refractivity contribution is 0.144. The number of halogens is 1. The molecule has 1 aliphatic heterocycles. The van der Waals surface area contributed by atoms with Gasteiger partial charge in [0.1, 0.15) is 10.7 Å². The van der Waals surface area contributed by atoms with Crippen LogP contribution in [-0.2, 0) is 16.6 Å². The normalized spacial score (nSPS) is 21.6. The van der Waals surface area contributed by atoms with E-state index in [1.165, 1.54) is 16.4 Å². The minimum absolute atomic E-state index is 0.147. The van der Waals surface area contributed by atoms with Crippen molar-refractivity contribution in [2.45, 2.75) is 30.9 Å². The maximum absolute atomic E-state index is 14.0. The van der Waals surface area contributed by atoms with Gasteiger partial charge in [0.25, 0.3) is 0 Å². The molecule has 1 aromatic rings. The van der Waals surface area contributed by atoms with Gasteiger partial charge in [-0.05, 0) is 31.2 Å². The second-order valence-corrected chi connectivity index (χ2v) is 7.23. The topological polar surface area (TPSA) is 60.9 Å². The molecule has 0 bridgehead atoms. The maximum Gasteiger partial charge on any atom is 0.246 e. The monoisotopic (exact) mass is 316 g/mol. The Labute approximate surface area is 125 Å². The Morgan fingerprint density at radius 1 is 1.38 bits per heavy atom. The lowest BCUT2D eigenvalue weighted by Gasteiger charge is -2.38. The fourth-order valence-electron chi connectivity index (χ4n) is 2.57. The van der Waals surface area contributed by atoms with E-state index in [9.17, 15) is 12.8 Å². The Morgan fingerprint density at radius 2 is 2.10 bits per heavy atom. The number of aliphatic hydroxyl groups excluding tert-OH is 1. The van der Waals surface area contributed by atoms with Crippen molar-refractivity contribution < 1.29 is 17.9 Å². The highest BCUT2D eigenvalue weighted by molar-refractivity contribution is 7.89. The van der Waals surface area contributed by atoms with E-state index in [1.54, 1.807) is 0 Å². The summed E-state index contributed by atoms with van der Waals surface area (Å²) in [5, 5.41) is 8.97. The summed E-state index contributed by atoms with van der Waals surface area (Å²) < 4.78 is 40.5. The van der Waals surface area contributed by atoms with Crippen molar-refractivity contribution in [2.24, 2.45) is 0 Å². The number of benzene rings is 1. The molecule has 1 aromatic carbocycles. The van der Waals surface area contributed by atoms with Crippen LogP contribution in [0.2, 0.25) is 0 Å². The van der Waals surface area contributed by atoms with E-state index in [0.29, 0.717) is 25.2 Å². The summed E-state index contributed by atoms with van der Waals surface area (Å²) in [4.78, 5) is 1.80. The fraction of sp³-hybridized carbons (Fsp3) is 0.571. The van der Waals surface area contributed by atoms with Gasteiger partial charge in [-0.1, -0.05) is 13.0 Å². The number of piperazine rings is 1. The third-order valence-electron chi connectivity index (χ3n) is 4.01. The van der Waals surface area contributed by atoms with Crippen LogP contribution < -0.4 is 0 Å². The SMILES string of the molecule is CCC1CN(S(=O)(=O)c2ccc(CO)cc2F)CCN1C. The maximum atomic E-state index is 14.0. The van der Waals surface area contributed by atoms with Gasteiger partial charge in [-0.25, -0.2) is 12.8 Å². The number of likely N-dealkylation sites (N-methyl/N-ethyl adjacent to an activating group) is 1. The predicted molar refractivity (Wildman–Crippen MR) is 77.8 cm³/mol. The van der Waals surface area contributed by atoms with Crippen molar-refractivity contribution >= 4 is 10.0 Å². The summed E-state index contributed by atoms with van der Waals surface area (Å²) in [5.74, 6) is -0.812. The molecule has 7 heteroatoms. The quantitative estimate of drug-likeness (QED) is 0.901. The molecule has 1 saturated heterocycles. The Bertz CT molecular complexity index is 606. The number of sulfonamides is 1. The van der Waals surface area contributed by atoms with Crippen molar-refractivity contribution in [1.82, 2.24) is 9.21 Å². The molecule has 118 valence electrons. The third kappa shape index (κ3) is 3.26. The van der Waals surface area contributed by atoms with Crippen LogP contribution in [0.15, 0.2) is 23.1 Å². The largest absolute Gasteiger partial charge is 0.392 e. The molecule has 21 heavy (non-hydrogen) atoms. The second kappa shape index (κ2) is 6.39. The highest BCUT2D eigenvalue weighted by Crippen LogP contribution is 2.23. The molecule has 1 aliphatic rings. The fourth-order valence-corrected chi connectivity index (χ4v) is 4.08. The molecule has 0 saturated carbocycles. The molecule has 1 unspecified atom stereocenters. The molecule has 1 fully saturated rings. The van der Waals surface area contributed by atoms with Gasteiger partial charge in [-0.15, -0.1) is 0 Å². The summed E-state index contributed by atoms with van der Waals surface area (Å²) in [6, 6.07) is 3.88. The van der Waals surface area contributed by atoms with Gasteiger partial charge in [-0.3, -0.25) is 0 Å². The van der Waals surface area contributed by atoms with Gasteiger partial charge in [0, 0.05) is 25.7 Å². The Kier molecular flexibility index (Phi) is 4.98. The average molecular weight is 316 g/mol. The average Bonchev–Trinajstić information content (AvgIpc) is 2.47. The van der Waals surface area contributed by atoms with Crippen molar-refractivity contribution in [3.05, 3.63) is 29.6 Å². The van der Waals surface area contributed by atoms with E-state index >= 15 is 0 Å². The van der Waals surface area contributed by atoms with E-state index < -0.39 is 15.8 Å². The molecule has 2 rings (SSSR count). The number of hydrogen-bond donors (Lipinski definition) is 1. The Hall–Kier alpha value is -1.02. The number of hydrogen-bond acceptors (Lipinski definition) is 4. The summed E-state index contributed by atoms with van der Waals surface area (Å²) in [6.45, 7) is 3.05. The molecule has 1 atom stereocenters. The number of rotatable bonds is 4. The minimum Gasteiger partial charge on any atom is -0.392 e. The van der Waals surface area contributed by atoms with E-state index in [4.69, 9.17) is 5.11 Å². The van der Waals surface area contributed by atoms with E-state index in [1.807, 2.05) is 14.0 Å². The summed E-state index contributed by atoms with van der Waals surface area (Å²) >= 11 is 0. The van der Waals surface area contributed by atoms with Crippen LogP contribution in [0.4, 0.5) is 4.39 Å². The van der Waals surface area contributed by atoms with Gasteiger partial charge in [0.15, 0.2) is 0 Å². The van der Waals surface area contributed by atoms with Crippen LogP contribution in [-0.4, -0.2) is 55.5 Å². The standard InChI is InChI=1S/C14H21FN2O3S/c1-3-12-9-17(7-6-16(12)2)21(19,20)14-5-4-11(10-18)8-13(14)15/h4-5,8,12,18H,3,6-7,9-10H2,1-2H3. The molecule has 0 spiro atoms. The summed E-state index contributed by atoms with van der Waals surface area (Å²) in [6.07, 6.45) is 0.842. The zero-order valence-corrected chi connectivity index (χ0v) is 13.1. The van der Waals surface area contributed by atoms with Gasteiger partial charge >= 0.3 is 0 Å². The molecule has 1 heterocycles. The zero-order chi connectivity index (χ0) is 15.6. The first-order valence-electron chi connectivity index (χ1n) is 6.99. The Morgan fingerprint density at radius 3 is 2.67 bits per heavy atom. The van der Waals surface area contributed by atoms with Gasteiger partial charge in [-0.2, -0.15) is 4.31 Å². The smallest absolute Gasteiger partial charge is 0.246 e. The van der Waals surface area contributed by atoms with E-state index in [-0.39, 0.29) is 17.5 Å². The zero-order valence-electron chi connectivity index (χ0n) is 12.3. The van der Waals surface area contributed by atoms with Crippen LogP contribution in [0.25, 0.3) is 0 Å². The molecular weight excluding hydrogens is 295 g/mol. The first kappa shape index (κ1) is 16.4. The molecule has 0 radical (unpaired) electrons. The lowest BCUT2D eigenvalue weighted by Crippen LogP contribution is -2.52. The van der Waals surface area contributed by atoms with Crippen LogP contribution in [0, 0.1) is 5.82 Å². The molecular formula is C14H21FN2O3S. The first-order valence-corrected chi connectivity index (χ1v) is 8.43. The van der Waals surface area contributed by atoms with Crippen molar-refractivity contribution in [3.63, 3.8) is 0 Å². The molecule has 5 nitrogen and oxygen atoms in total. The second-order valence-electron chi connectivity index (χ2n) is 5.33. The van der Waals surface area contributed by atoms with E-state index in [2.05, 4.69) is 4.90 Å². The molecule has 0 aromatic heterocycles. The minimum atomic E-state index is -3.83. The number of nitrogens with zero attached hydrogens (tertiary/aromatic N) is 2. The molecule has 1 N–H and O–H groups in total. The lowest BCUT2D eigenvalue weighted by atomic mass is 10.1. The molecule has 0 aliphatic carbocycles. The van der Waals surface area contributed by atoms with E-state index in [0.717, 1.165) is 12.5 Å². The predicted octanol–water partition coefficient (Wildman–Crippen LogP) is 1.03. The Balaban J connectivity index is 2.30. The highest BCUT2D eigenvalue weighted by Gasteiger charge is 2.33. The van der Waals surface area contributed by atoms with Gasteiger partial charge in [0.2, 0.25) is 10.0 Å². The van der Waals surface area contributed by atoms with Crippen molar-refractivity contribution in [1.29, 1.82) is 0 Å². The van der Waals surface area contributed by atoms with Crippen LogP contribution in [0.5, 0.6) is 0 Å². The van der Waals surface area contributed by atoms with Crippen LogP contribution >= 0.6 is 0 Å².